The van der Waals surface area contributed by atoms with Gasteiger partial charge < -0.3 is 20.1 Å². The van der Waals surface area contributed by atoms with Crippen LogP contribution in [0.3, 0.4) is 0 Å². The van der Waals surface area contributed by atoms with Crippen molar-refractivity contribution >= 4 is 27.6 Å². The molecule has 1 atom stereocenters. The molecule has 1 aliphatic rings. The topological polar surface area (TPSA) is 163 Å². The van der Waals surface area contributed by atoms with E-state index in [1.165, 1.54) is 37.5 Å². The molecule has 0 saturated carbocycles. The Hall–Kier alpha value is -4.74. The van der Waals surface area contributed by atoms with E-state index in [2.05, 4.69) is 31.6 Å². The Morgan fingerprint density at radius 2 is 1.95 bits per heavy atom. The molecule has 14 heteroatoms. The van der Waals surface area contributed by atoms with E-state index in [-0.39, 0.29) is 34.7 Å². The van der Waals surface area contributed by atoms with Crippen molar-refractivity contribution in [3.8, 4) is 17.2 Å². The Bertz CT molecular complexity index is 1610. The summed E-state index contributed by atoms with van der Waals surface area (Å²) in [6.07, 6.45) is 3.19. The molecule has 0 fully saturated rings. The first-order chi connectivity index (χ1) is 18.2. The fourth-order valence-corrected chi connectivity index (χ4v) is 4.85. The molecule has 2 aromatic heterocycles. The van der Waals surface area contributed by atoms with Gasteiger partial charge in [0.2, 0.25) is 21.9 Å². The average molecular weight is 541 g/mol. The number of aliphatic imine (C=N–C) groups is 1. The van der Waals surface area contributed by atoms with Crippen LogP contribution < -0.4 is 4.31 Å². The van der Waals surface area contributed by atoms with Crippen molar-refractivity contribution in [2.45, 2.75) is 13.0 Å². The van der Waals surface area contributed by atoms with E-state index < -0.39 is 39.2 Å². The number of anilines is 1. The normalized spacial score (nSPS) is 13.9. The first-order valence-corrected chi connectivity index (χ1v) is 12.5. The number of halogens is 1. The van der Waals surface area contributed by atoms with Crippen molar-refractivity contribution in [1.82, 2.24) is 19.7 Å². The lowest BCUT2D eigenvalue weighted by Gasteiger charge is -2.22. The van der Waals surface area contributed by atoms with E-state index in [1.54, 1.807) is 6.92 Å². The summed E-state index contributed by atoms with van der Waals surface area (Å²) in [5, 5.41) is 39.9. The molecule has 3 heterocycles. The number of aromatic nitrogens is 4. The maximum atomic E-state index is 13.5. The second-order valence-corrected chi connectivity index (χ2v) is 9.58. The monoisotopic (exact) mass is 540 g/mol. The minimum absolute atomic E-state index is 0.0131. The second-order valence-electron chi connectivity index (χ2n) is 7.69. The molecule has 0 radical (unpaired) electrons. The molecule has 0 spiro atoms. The van der Waals surface area contributed by atoms with E-state index in [0.29, 0.717) is 4.31 Å². The van der Waals surface area contributed by atoms with E-state index in [9.17, 15) is 28.1 Å². The van der Waals surface area contributed by atoms with Crippen molar-refractivity contribution in [3.63, 3.8) is 0 Å². The lowest BCUT2D eigenvalue weighted by Crippen LogP contribution is -2.33. The van der Waals surface area contributed by atoms with Gasteiger partial charge in [0.25, 0.3) is 0 Å². The summed E-state index contributed by atoms with van der Waals surface area (Å²) >= 11 is 0. The molecule has 4 rings (SSSR count). The molecule has 0 unspecified atom stereocenters. The van der Waals surface area contributed by atoms with Crippen molar-refractivity contribution in [2.75, 3.05) is 17.2 Å². The number of sulfonamides is 1. The third kappa shape index (κ3) is 5.19. The van der Waals surface area contributed by atoms with Crippen LogP contribution in [0.25, 0.3) is 11.4 Å². The van der Waals surface area contributed by atoms with Crippen LogP contribution in [0.1, 0.15) is 24.5 Å². The standard InChI is InChI=1S/C24H21FN6O6S/c1-3-12-30(38(35,36)14-20(34)16-11-10-15(25)13-26-16)24-29-28-23(17-6-4-9-21(27-17)37-2)31(24)22-18(32)7-5-8-19(22)33/h3,5,7-13,20,32-34H,14H2,1-2H3/b12-3+/t20-/m0/s1. The zero-order valence-corrected chi connectivity index (χ0v) is 20.8. The number of ether oxygens (including phenoxy) is 1. The number of phenolic OH excluding ortho intramolecular Hbond substituents is 2. The molecular formula is C24H21FN6O6S. The van der Waals surface area contributed by atoms with Gasteiger partial charge in [-0.2, -0.15) is 0 Å². The van der Waals surface area contributed by atoms with Gasteiger partial charge in [0.05, 0.1) is 25.1 Å². The lowest BCUT2D eigenvalue weighted by atomic mass is 10.2. The molecule has 3 aromatic rings. The Balaban J connectivity index is 1.89. The predicted octanol–water partition coefficient (Wildman–Crippen LogP) is 2.33. The van der Waals surface area contributed by atoms with Crippen LogP contribution in [-0.4, -0.2) is 62.2 Å². The molecule has 0 aliphatic carbocycles. The molecule has 0 amide bonds. The summed E-state index contributed by atoms with van der Waals surface area (Å²) in [6.45, 7) is 1.55. The molecule has 1 aromatic carbocycles. The predicted molar refractivity (Wildman–Crippen MR) is 134 cm³/mol. The fourth-order valence-electron chi connectivity index (χ4n) is 3.44. The first-order valence-electron chi connectivity index (χ1n) is 10.9. The number of aliphatic hydroxyl groups excluding tert-OH is 1. The molecule has 0 saturated heterocycles. The number of aromatic hydroxyl groups is 2. The summed E-state index contributed by atoms with van der Waals surface area (Å²) in [7, 11) is -3.04. The Kier molecular flexibility index (Phi) is 7.42. The van der Waals surface area contributed by atoms with Crippen LogP contribution >= 0.6 is 0 Å². The molecule has 12 nitrogen and oxygen atoms in total. The first kappa shape index (κ1) is 26.3. The highest BCUT2D eigenvalue weighted by Crippen LogP contribution is 2.37. The van der Waals surface area contributed by atoms with Gasteiger partial charge in [-0.25, -0.2) is 22.1 Å². The van der Waals surface area contributed by atoms with Crippen molar-refractivity contribution < 1.29 is 32.9 Å². The molecule has 196 valence electrons. The zero-order valence-electron chi connectivity index (χ0n) is 20.0. The summed E-state index contributed by atoms with van der Waals surface area (Å²) in [6, 6.07) is 6.14. The van der Waals surface area contributed by atoms with Gasteiger partial charge in [-0.3, -0.25) is 9.55 Å². The summed E-state index contributed by atoms with van der Waals surface area (Å²) < 4.78 is 47.2. The molecule has 3 N–H and O–H groups in total. The van der Waals surface area contributed by atoms with E-state index in [1.807, 2.05) is 0 Å². The SMILES string of the molecule is C/C=C/N(c1nnc(C2=C=C=CC(OC)=N2)n1-c1c(O)cccc1O)S(=O)(=O)C[C@H](O)c1ccc(F)cn1. The number of pyridine rings is 1. The number of nitrogens with zero attached hydrogens (tertiary/aromatic N) is 6. The van der Waals surface area contributed by atoms with E-state index >= 15 is 0 Å². The summed E-state index contributed by atoms with van der Waals surface area (Å²) in [4.78, 5) is 7.96. The minimum Gasteiger partial charge on any atom is -0.506 e. The van der Waals surface area contributed by atoms with Crippen LogP contribution in [0.5, 0.6) is 11.5 Å². The highest BCUT2D eigenvalue weighted by Gasteiger charge is 2.33. The quantitative estimate of drug-likeness (QED) is 0.364. The number of methoxy groups -OCH3 is 1. The summed E-state index contributed by atoms with van der Waals surface area (Å²) in [5.41, 5.74) is 5.12. The number of hydrogen-bond donors (Lipinski definition) is 3. The largest absolute Gasteiger partial charge is 0.506 e. The fraction of sp³-hybridized carbons (Fsp3) is 0.167. The number of aliphatic hydroxyl groups is 1. The van der Waals surface area contributed by atoms with Gasteiger partial charge in [-0.1, -0.05) is 17.9 Å². The van der Waals surface area contributed by atoms with Crippen LogP contribution in [0.4, 0.5) is 10.3 Å². The third-order valence-corrected chi connectivity index (χ3v) is 6.75. The van der Waals surface area contributed by atoms with Crippen LogP contribution in [0.2, 0.25) is 0 Å². The molecular weight excluding hydrogens is 519 g/mol. The molecule has 0 bridgehead atoms. The average Bonchev–Trinajstić information content (AvgIpc) is 3.31. The van der Waals surface area contributed by atoms with E-state index in [4.69, 9.17) is 4.74 Å². The number of para-hydroxylation sites is 1. The maximum Gasteiger partial charge on any atom is 0.250 e. The number of hydrogen-bond acceptors (Lipinski definition) is 10. The van der Waals surface area contributed by atoms with Gasteiger partial charge in [0, 0.05) is 6.20 Å². The minimum atomic E-state index is -4.42. The van der Waals surface area contributed by atoms with Gasteiger partial charge in [0.1, 0.15) is 34.9 Å². The third-order valence-electron chi connectivity index (χ3n) is 5.13. The van der Waals surface area contributed by atoms with Crippen LogP contribution in [0, 0.1) is 5.82 Å². The Morgan fingerprint density at radius 1 is 1.21 bits per heavy atom. The van der Waals surface area contributed by atoms with Gasteiger partial charge in [0.15, 0.2) is 11.5 Å². The van der Waals surface area contributed by atoms with Crippen LogP contribution in [0.15, 0.2) is 71.3 Å². The number of benzene rings is 1. The summed E-state index contributed by atoms with van der Waals surface area (Å²) in [5.74, 6) is -2.72. The second kappa shape index (κ2) is 10.7. The highest BCUT2D eigenvalue weighted by molar-refractivity contribution is 7.92. The Morgan fingerprint density at radius 3 is 2.58 bits per heavy atom. The van der Waals surface area contributed by atoms with Crippen molar-refractivity contribution in [3.05, 3.63) is 83.7 Å². The number of phenols is 2. The van der Waals surface area contributed by atoms with Crippen molar-refractivity contribution in [2.24, 2.45) is 4.99 Å². The molecule has 38 heavy (non-hydrogen) atoms. The Labute approximate surface area is 216 Å². The smallest absolute Gasteiger partial charge is 0.250 e. The van der Waals surface area contributed by atoms with Gasteiger partial charge in [-0.15, -0.1) is 10.2 Å². The maximum absolute atomic E-state index is 13.5. The number of rotatable bonds is 8. The lowest BCUT2D eigenvalue weighted by molar-refractivity contribution is 0.196. The van der Waals surface area contributed by atoms with Gasteiger partial charge >= 0.3 is 0 Å². The van der Waals surface area contributed by atoms with Crippen molar-refractivity contribution in [1.29, 1.82) is 0 Å². The zero-order chi connectivity index (χ0) is 27.4. The molecule has 1 aliphatic heterocycles. The highest BCUT2D eigenvalue weighted by atomic mass is 32.2. The van der Waals surface area contributed by atoms with E-state index in [0.717, 1.165) is 29.1 Å². The van der Waals surface area contributed by atoms with Crippen LogP contribution in [-0.2, 0) is 14.8 Å². The van der Waals surface area contributed by atoms with Gasteiger partial charge in [-0.05, 0) is 36.9 Å². The number of allylic oxidation sites excluding steroid dienone is 1.